The molecule has 140 valence electrons. The Morgan fingerprint density at radius 2 is 1.59 bits per heavy atom. The standard InChI is InChI=1S/C24H17FN4/c25-23-8-7-18(12-21(23)14-26)24-17(4-3-11-29-24)13-22(19-5-1-9-27-15-19)20-6-2-10-28-16-20/h1-12,15-16,22H,13H2. The van der Waals surface area contributed by atoms with Crippen LogP contribution in [0.4, 0.5) is 4.39 Å². The third-order valence-electron chi connectivity index (χ3n) is 4.85. The lowest BCUT2D eigenvalue weighted by molar-refractivity contribution is 0.624. The molecule has 3 heterocycles. The number of pyridine rings is 3. The largest absolute Gasteiger partial charge is 0.264 e. The Hall–Kier alpha value is -3.91. The maximum absolute atomic E-state index is 13.8. The third-order valence-corrected chi connectivity index (χ3v) is 4.85. The van der Waals surface area contributed by atoms with Crippen LogP contribution in [0.2, 0.25) is 0 Å². The van der Waals surface area contributed by atoms with Crippen LogP contribution in [0.3, 0.4) is 0 Å². The van der Waals surface area contributed by atoms with Crippen LogP contribution in [0.5, 0.6) is 0 Å². The Labute approximate surface area is 168 Å². The number of hydrogen-bond acceptors (Lipinski definition) is 4. The molecule has 0 aliphatic carbocycles. The molecule has 0 bridgehead atoms. The van der Waals surface area contributed by atoms with Crippen LogP contribution < -0.4 is 0 Å². The molecule has 4 rings (SSSR count). The molecule has 0 saturated heterocycles. The van der Waals surface area contributed by atoms with Crippen molar-refractivity contribution >= 4 is 0 Å². The molecule has 0 aliphatic heterocycles. The number of rotatable bonds is 5. The van der Waals surface area contributed by atoms with E-state index in [4.69, 9.17) is 0 Å². The van der Waals surface area contributed by atoms with Crippen molar-refractivity contribution in [2.45, 2.75) is 12.3 Å². The Kier molecular flexibility index (Phi) is 5.35. The fourth-order valence-corrected chi connectivity index (χ4v) is 3.43. The fraction of sp³-hybridized carbons (Fsp3) is 0.0833. The van der Waals surface area contributed by atoms with Crippen LogP contribution in [0, 0.1) is 17.1 Å². The average Bonchev–Trinajstić information content (AvgIpc) is 2.79. The van der Waals surface area contributed by atoms with Crippen LogP contribution >= 0.6 is 0 Å². The second-order valence-electron chi connectivity index (χ2n) is 6.65. The van der Waals surface area contributed by atoms with Gasteiger partial charge in [-0.05, 0) is 59.5 Å². The number of nitrogens with zero attached hydrogens (tertiary/aromatic N) is 4. The molecule has 5 heteroatoms. The van der Waals surface area contributed by atoms with Gasteiger partial charge in [0, 0.05) is 42.5 Å². The van der Waals surface area contributed by atoms with Gasteiger partial charge in [0.05, 0.1) is 11.3 Å². The normalized spacial score (nSPS) is 10.7. The molecule has 0 spiro atoms. The van der Waals surface area contributed by atoms with Gasteiger partial charge in [0.15, 0.2) is 0 Å². The van der Waals surface area contributed by atoms with Gasteiger partial charge in [0.25, 0.3) is 0 Å². The highest BCUT2D eigenvalue weighted by Crippen LogP contribution is 2.31. The summed E-state index contributed by atoms with van der Waals surface area (Å²) in [5, 5.41) is 9.18. The molecule has 0 atom stereocenters. The van der Waals surface area contributed by atoms with E-state index >= 15 is 0 Å². The Morgan fingerprint density at radius 1 is 0.897 bits per heavy atom. The highest BCUT2D eigenvalue weighted by atomic mass is 19.1. The molecule has 0 aliphatic rings. The lowest BCUT2D eigenvalue weighted by Crippen LogP contribution is -2.07. The molecule has 0 unspecified atom stereocenters. The quantitative estimate of drug-likeness (QED) is 0.493. The zero-order valence-corrected chi connectivity index (χ0v) is 15.5. The van der Waals surface area contributed by atoms with E-state index in [0.29, 0.717) is 6.42 Å². The summed E-state index contributed by atoms with van der Waals surface area (Å²) in [5.74, 6) is -0.492. The minimum absolute atomic E-state index is 0.00942. The van der Waals surface area contributed by atoms with E-state index in [2.05, 4.69) is 15.0 Å². The highest BCUT2D eigenvalue weighted by molar-refractivity contribution is 5.65. The van der Waals surface area contributed by atoms with E-state index in [1.165, 1.54) is 6.07 Å². The van der Waals surface area contributed by atoms with Crippen molar-refractivity contribution in [3.63, 3.8) is 0 Å². The van der Waals surface area contributed by atoms with Gasteiger partial charge in [0.2, 0.25) is 0 Å². The van der Waals surface area contributed by atoms with E-state index in [9.17, 15) is 9.65 Å². The first-order valence-electron chi connectivity index (χ1n) is 9.20. The summed E-state index contributed by atoms with van der Waals surface area (Å²) in [6.45, 7) is 0. The predicted octanol–water partition coefficient (Wildman–Crippen LogP) is 4.92. The Balaban J connectivity index is 1.78. The Morgan fingerprint density at radius 3 is 2.21 bits per heavy atom. The topological polar surface area (TPSA) is 62.5 Å². The van der Waals surface area contributed by atoms with Crippen molar-refractivity contribution in [2.24, 2.45) is 0 Å². The number of nitriles is 1. The van der Waals surface area contributed by atoms with Crippen molar-refractivity contribution in [2.75, 3.05) is 0 Å². The van der Waals surface area contributed by atoms with E-state index in [1.54, 1.807) is 30.7 Å². The van der Waals surface area contributed by atoms with E-state index in [-0.39, 0.29) is 11.5 Å². The molecule has 29 heavy (non-hydrogen) atoms. The molecule has 0 fully saturated rings. The summed E-state index contributed by atoms with van der Waals surface area (Å²) in [6.07, 6.45) is 9.60. The number of hydrogen-bond donors (Lipinski definition) is 0. The summed E-state index contributed by atoms with van der Waals surface area (Å²) in [6, 6.07) is 18.2. The molecule has 0 saturated carbocycles. The van der Waals surface area contributed by atoms with Gasteiger partial charge in [-0.2, -0.15) is 5.26 Å². The van der Waals surface area contributed by atoms with Crippen LogP contribution in [0.1, 0.15) is 28.2 Å². The first-order chi connectivity index (χ1) is 14.3. The third kappa shape index (κ3) is 4.02. The van der Waals surface area contributed by atoms with Crippen molar-refractivity contribution < 1.29 is 4.39 Å². The lowest BCUT2D eigenvalue weighted by Gasteiger charge is -2.19. The maximum Gasteiger partial charge on any atom is 0.140 e. The average molecular weight is 380 g/mol. The molecular formula is C24H17FN4. The summed E-state index contributed by atoms with van der Waals surface area (Å²) >= 11 is 0. The summed E-state index contributed by atoms with van der Waals surface area (Å²) in [4.78, 5) is 13.1. The molecule has 3 aromatic heterocycles. The summed E-state index contributed by atoms with van der Waals surface area (Å²) < 4.78 is 13.8. The van der Waals surface area contributed by atoms with Crippen molar-refractivity contribution in [1.29, 1.82) is 5.26 Å². The number of aromatic nitrogens is 3. The second-order valence-corrected chi connectivity index (χ2v) is 6.65. The predicted molar refractivity (Wildman–Crippen MR) is 108 cm³/mol. The minimum atomic E-state index is -0.530. The zero-order valence-electron chi connectivity index (χ0n) is 15.5. The monoisotopic (exact) mass is 380 g/mol. The SMILES string of the molecule is N#Cc1cc(-c2ncccc2CC(c2cccnc2)c2cccnc2)ccc1F. The van der Waals surface area contributed by atoms with E-state index in [0.717, 1.165) is 27.9 Å². The molecule has 0 amide bonds. The summed E-state index contributed by atoms with van der Waals surface area (Å²) in [5.41, 5.74) is 4.62. The Bertz CT molecular complexity index is 1110. The van der Waals surface area contributed by atoms with Gasteiger partial charge in [0.1, 0.15) is 11.9 Å². The molecule has 0 N–H and O–H groups in total. The molecular weight excluding hydrogens is 363 g/mol. The van der Waals surface area contributed by atoms with Gasteiger partial charge < -0.3 is 0 Å². The highest BCUT2D eigenvalue weighted by Gasteiger charge is 2.19. The maximum atomic E-state index is 13.8. The number of benzene rings is 1. The second kappa shape index (κ2) is 8.41. The number of halogens is 1. The van der Waals surface area contributed by atoms with Crippen LogP contribution in [0.15, 0.2) is 85.6 Å². The van der Waals surface area contributed by atoms with Crippen LogP contribution in [0.25, 0.3) is 11.3 Å². The van der Waals surface area contributed by atoms with Gasteiger partial charge in [-0.25, -0.2) is 4.39 Å². The fourth-order valence-electron chi connectivity index (χ4n) is 3.43. The lowest BCUT2D eigenvalue weighted by atomic mass is 9.86. The van der Waals surface area contributed by atoms with E-state index in [1.807, 2.05) is 54.9 Å². The van der Waals surface area contributed by atoms with Gasteiger partial charge in [-0.1, -0.05) is 18.2 Å². The minimum Gasteiger partial charge on any atom is -0.264 e. The van der Waals surface area contributed by atoms with Gasteiger partial charge >= 0.3 is 0 Å². The summed E-state index contributed by atoms with van der Waals surface area (Å²) in [7, 11) is 0. The van der Waals surface area contributed by atoms with Crippen LogP contribution in [-0.4, -0.2) is 15.0 Å². The van der Waals surface area contributed by atoms with Crippen LogP contribution in [-0.2, 0) is 6.42 Å². The van der Waals surface area contributed by atoms with Crippen molar-refractivity contribution in [1.82, 2.24) is 15.0 Å². The smallest absolute Gasteiger partial charge is 0.140 e. The molecule has 0 radical (unpaired) electrons. The van der Waals surface area contributed by atoms with E-state index < -0.39 is 5.82 Å². The molecule has 4 nitrogen and oxygen atoms in total. The van der Waals surface area contributed by atoms with Crippen molar-refractivity contribution in [3.05, 3.63) is 114 Å². The van der Waals surface area contributed by atoms with Crippen molar-refractivity contribution in [3.8, 4) is 17.3 Å². The van der Waals surface area contributed by atoms with Gasteiger partial charge in [-0.15, -0.1) is 0 Å². The zero-order chi connectivity index (χ0) is 20.1. The first-order valence-corrected chi connectivity index (χ1v) is 9.20. The molecule has 4 aromatic rings. The molecule has 1 aromatic carbocycles. The van der Waals surface area contributed by atoms with Gasteiger partial charge in [-0.3, -0.25) is 15.0 Å². The first kappa shape index (κ1) is 18.5.